The van der Waals surface area contributed by atoms with Gasteiger partial charge in [0.2, 0.25) is 5.91 Å². The van der Waals surface area contributed by atoms with Crippen LogP contribution in [0.5, 0.6) is 0 Å². The highest BCUT2D eigenvalue weighted by Crippen LogP contribution is 2.28. The van der Waals surface area contributed by atoms with Crippen molar-refractivity contribution in [3.8, 4) is 0 Å². The van der Waals surface area contributed by atoms with Gasteiger partial charge in [-0.1, -0.05) is 29.8 Å². The van der Waals surface area contributed by atoms with Crippen LogP contribution in [-0.4, -0.2) is 23.4 Å². The molecule has 1 amide bonds. The Labute approximate surface area is 146 Å². The molecule has 0 heterocycles. The highest BCUT2D eigenvalue weighted by Gasteiger charge is 2.30. The summed E-state index contributed by atoms with van der Waals surface area (Å²) < 4.78 is 13.0. The van der Waals surface area contributed by atoms with Gasteiger partial charge in [0, 0.05) is 23.3 Å². The Balaban J connectivity index is 1.61. The largest absolute Gasteiger partial charge is 0.325 e. The number of benzene rings is 2. The lowest BCUT2D eigenvalue weighted by atomic mass is 10.2. The van der Waals surface area contributed by atoms with Gasteiger partial charge in [0.25, 0.3) is 0 Å². The van der Waals surface area contributed by atoms with E-state index >= 15 is 0 Å². The van der Waals surface area contributed by atoms with Crippen molar-refractivity contribution in [1.82, 2.24) is 4.90 Å². The molecule has 2 aromatic rings. The first-order valence-electron chi connectivity index (χ1n) is 8.06. The number of hydrogen-bond donors (Lipinski definition) is 1. The van der Waals surface area contributed by atoms with E-state index < -0.39 is 0 Å². The highest BCUT2D eigenvalue weighted by atomic mass is 35.5. The van der Waals surface area contributed by atoms with E-state index in [1.54, 1.807) is 18.2 Å². The van der Waals surface area contributed by atoms with Crippen LogP contribution in [0, 0.1) is 12.7 Å². The smallest absolute Gasteiger partial charge is 0.238 e. The molecule has 1 aliphatic carbocycles. The summed E-state index contributed by atoms with van der Waals surface area (Å²) in [7, 11) is 0. The molecule has 0 saturated heterocycles. The van der Waals surface area contributed by atoms with Gasteiger partial charge in [-0.3, -0.25) is 9.69 Å². The number of amides is 1. The van der Waals surface area contributed by atoms with Gasteiger partial charge < -0.3 is 5.32 Å². The summed E-state index contributed by atoms with van der Waals surface area (Å²) in [5.41, 5.74) is 2.69. The molecule has 0 bridgehead atoms. The fourth-order valence-corrected chi connectivity index (χ4v) is 2.81. The first-order valence-corrected chi connectivity index (χ1v) is 8.43. The van der Waals surface area contributed by atoms with Crippen LogP contribution in [0.2, 0.25) is 5.02 Å². The molecule has 24 heavy (non-hydrogen) atoms. The van der Waals surface area contributed by atoms with Crippen LogP contribution in [0.25, 0.3) is 0 Å². The summed E-state index contributed by atoms with van der Waals surface area (Å²) in [5, 5.41) is 3.53. The molecule has 0 atom stereocenters. The van der Waals surface area contributed by atoms with Crippen molar-refractivity contribution in [2.75, 3.05) is 11.9 Å². The molecular formula is C19H20ClFN2O. The summed E-state index contributed by atoms with van der Waals surface area (Å²) in [6.45, 7) is 2.88. The molecule has 126 valence electrons. The van der Waals surface area contributed by atoms with Crippen LogP contribution in [0.4, 0.5) is 10.1 Å². The van der Waals surface area contributed by atoms with Gasteiger partial charge in [0.15, 0.2) is 0 Å². The van der Waals surface area contributed by atoms with E-state index in [2.05, 4.69) is 10.2 Å². The third-order valence-corrected chi connectivity index (χ3v) is 4.57. The molecule has 0 aromatic heterocycles. The molecule has 0 aliphatic heterocycles. The second-order valence-electron chi connectivity index (χ2n) is 6.27. The van der Waals surface area contributed by atoms with E-state index in [9.17, 15) is 9.18 Å². The molecule has 3 rings (SSSR count). The van der Waals surface area contributed by atoms with Crippen molar-refractivity contribution in [3.05, 3.63) is 64.4 Å². The minimum atomic E-state index is -0.245. The molecule has 2 aromatic carbocycles. The van der Waals surface area contributed by atoms with Crippen LogP contribution in [-0.2, 0) is 11.3 Å². The lowest BCUT2D eigenvalue weighted by molar-refractivity contribution is -0.117. The molecule has 0 unspecified atom stereocenters. The number of hydrogen-bond acceptors (Lipinski definition) is 2. The van der Waals surface area contributed by atoms with E-state index in [-0.39, 0.29) is 11.7 Å². The van der Waals surface area contributed by atoms with E-state index in [1.807, 2.05) is 19.1 Å². The Morgan fingerprint density at radius 3 is 2.58 bits per heavy atom. The van der Waals surface area contributed by atoms with Crippen LogP contribution in [0.15, 0.2) is 42.5 Å². The lowest BCUT2D eigenvalue weighted by Crippen LogP contribution is -2.34. The number of rotatable bonds is 6. The zero-order chi connectivity index (χ0) is 17.1. The van der Waals surface area contributed by atoms with Crippen LogP contribution in [0.3, 0.4) is 0 Å². The number of aryl methyl sites for hydroxylation is 1. The third-order valence-electron chi connectivity index (χ3n) is 4.16. The van der Waals surface area contributed by atoms with Gasteiger partial charge in [-0.15, -0.1) is 0 Å². The summed E-state index contributed by atoms with van der Waals surface area (Å²) in [4.78, 5) is 14.5. The molecule has 0 radical (unpaired) electrons. The van der Waals surface area contributed by atoms with Crippen molar-refractivity contribution in [2.24, 2.45) is 0 Å². The van der Waals surface area contributed by atoms with Crippen molar-refractivity contribution < 1.29 is 9.18 Å². The molecule has 3 nitrogen and oxygen atoms in total. The minimum Gasteiger partial charge on any atom is -0.325 e. The second kappa shape index (κ2) is 7.32. The van der Waals surface area contributed by atoms with Crippen LogP contribution < -0.4 is 5.32 Å². The summed E-state index contributed by atoms with van der Waals surface area (Å²) in [6, 6.07) is 12.4. The monoisotopic (exact) mass is 346 g/mol. The Hall–Kier alpha value is -1.91. The fraction of sp³-hybridized carbons (Fsp3) is 0.316. The lowest BCUT2D eigenvalue weighted by Gasteiger charge is -2.21. The first-order chi connectivity index (χ1) is 11.5. The SMILES string of the molecule is Cc1ccc(NC(=O)CN(Cc2ccc(F)cc2)C2CC2)cc1Cl. The Morgan fingerprint density at radius 1 is 1.25 bits per heavy atom. The zero-order valence-corrected chi connectivity index (χ0v) is 14.3. The predicted molar refractivity (Wildman–Crippen MR) is 94.7 cm³/mol. The van der Waals surface area contributed by atoms with Crippen molar-refractivity contribution in [2.45, 2.75) is 32.4 Å². The number of anilines is 1. The molecule has 0 spiro atoms. The fourth-order valence-electron chi connectivity index (χ4n) is 2.63. The molecule has 1 saturated carbocycles. The van der Waals surface area contributed by atoms with E-state index in [0.717, 1.165) is 24.0 Å². The Kier molecular flexibility index (Phi) is 5.17. The number of carbonyl (C=O) groups is 1. The van der Waals surface area contributed by atoms with Gasteiger partial charge in [-0.25, -0.2) is 4.39 Å². The molecule has 5 heteroatoms. The molecule has 1 fully saturated rings. The highest BCUT2D eigenvalue weighted by molar-refractivity contribution is 6.31. The van der Waals surface area contributed by atoms with Gasteiger partial charge in [-0.05, 0) is 55.2 Å². The minimum absolute atomic E-state index is 0.0658. The number of halogens is 2. The van der Waals surface area contributed by atoms with Crippen molar-refractivity contribution >= 4 is 23.2 Å². The standard InChI is InChI=1S/C19H20ClFN2O/c1-13-2-7-16(10-18(13)20)22-19(24)12-23(17-8-9-17)11-14-3-5-15(21)6-4-14/h2-7,10,17H,8-9,11-12H2,1H3,(H,22,24). The third kappa shape index (κ3) is 4.56. The maximum atomic E-state index is 13.0. The maximum absolute atomic E-state index is 13.0. The molecule has 1 aliphatic rings. The maximum Gasteiger partial charge on any atom is 0.238 e. The van der Waals surface area contributed by atoms with Gasteiger partial charge in [0.05, 0.1) is 6.54 Å². The van der Waals surface area contributed by atoms with Gasteiger partial charge in [0.1, 0.15) is 5.82 Å². The van der Waals surface area contributed by atoms with E-state index in [1.165, 1.54) is 12.1 Å². The van der Waals surface area contributed by atoms with Crippen molar-refractivity contribution in [1.29, 1.82) is 0 Å². The van der Waals surface area contributed by atoms with Gasteiger partial charge >= 0.3 is 0 Å². The van der Waals surface area contributed by atoms with Crippen LogP contribution >= 0.6 is 11.6 Å². The normalized spacial score (nSPS) is 14.0. The predicted octanol–water partition coefficient (Wildman–Crippen LogP) is 4.39. The summed E-state index contributed by atoms with van der Waals surface area (Å²) >= 11 is 6.09. The number of nitrogens with one attached hydrogen (secondary N) is 1. The topological polar surface area (TPSA) is 32.3 Å². The van der Waals surface area contributed by atoms with E-state index in [4.69, 9.17) is 11.6 Å². The van der Waals surface area contributed by atoms with Crippen LogP contribution in [0.1, 0.15) is 24.0 Å². The summed E-state index contributed by atoms with van der Waals surface area (Å²) in [6.07, 6.45) is 2.20. The molecular weight excluding hydrogens is 327 g/mol. The Bertz CT molecular complexity index is 729. The van der Waals surface area contributed by atoms with E-state index in [0.29, 0.717) is 29.8 Å². The summed E-state index contributed by atoms with van der Waals surface area (Å²) in [5.74, 6) is -0.311. The Morgan fingerprint density at radius 2 is 1.96 bits per heavy atom. The average molecular weight is 347 g/mol. The first kappa shape index (κ1) is 16.9. The molecule has 1 N–H and O–H groups in total. The van der Waals surface area contributed by atoms with Gasteiger partial charge in [-0.2, -0.15) is 0 Å². The number of carbonyl (C=O) groups excluding carboxylic acids is 1. The second-order valence-corrected chi connectivity index (χ2v) is 6.68. The quantitative estimate of drug-likeness (QED) is 0.841. The zero-order valence-electron chi connectivity index (χ0n) is 13.6. The average Bonchev–Trinajstić information content (AvgIpc) is 3.37. The number of nitrogens with zero attached hydrogens (tertiary/aromatic N) is 1. The van der Waals surface area contributed by atoms with Crippen molar-refractivity contribution in [3.63, 3.8) is 0 Å².